The first-order valence-corrected chi connectivity index (χ1v) is 7.05. The highest BCUT2D eigenvalue weighted by Gasteiger charge is 2.15. The van der Waals surface area contributed by atoms with E-state index in [0.717, 1.165) is 5.56 Å². The Morgan fingerprint density at radius 3 is 2.22 bits per heavy atom. The maximum atomic E-state index is 12.8. The number of benzene rings is 2. The third-order valence-electron chi connectivity index (χ3n) is 3.11. The van der Waals surface area contributed by atoms with Crippen LogP contribution < -0.4 is 15.6 Å². The Morgan fingerprint density at radius 2 is 1.61 bits per heavy atom. The minimum Gasteiger partial charge on any atom is -0.481 e. The molecule has 0 aliphatic heterocycles. The fourth-order valence-corrected chi connectivity index (χ4v) is 1.77. The Bertz CT molecular complexity index is 684. The molecule has 2 aromatic carbocycles. The maximum absolute atomic E-state index is 12.8. The van der Waals surface area contributed by atoms with Gasteiger partial charge in [-0.15, -0.1) is 0 Å². The van der Waals surface area contributed by atoms with Crippen molar-refractivity contribution in [1.29, 1.82) is 0 Å². The van der Waals surface area contributed by atoms with Crippen molar-refractivity contribution < 1.29 is 18.7 Å². The minimum atomic E-state index is -0.848. The zero-order valence-electron chi connectivity index (χ0n) is 12.8. The molecule has 23 heavy (non-hydrogen) atoms. The van der Waals surface area contributed by atoms with E-state index in [2.05, 4.69) is 10.9 Å². The molecule has 120 valence electrons. The van der Waals surface area contributed by atoms with E-state index in [1.54, 1.807) is 24.3 Å². The Kier molecular flexibility index (Phi) is 5.30. The van der Waals surface area contributed by atoms with E-state index in [0.29, 0.717) is 11.3 Å². The van der Waals surface area contributed by atoms with Crippen LogP contribution in [-0.2, 0) is 4.79 Å². The summed E-state index contributed by atoms with van der Waals surface area (Å²) in [7, 11) is 0. The molecule has 1 atom stereocenters. The summed E-state index contributed by atoms with van der Waals surface area (Å²) in [5, 5.41) is 0. The predicted octanol–water partition coefficient (Wildman–Crippen LogP) is 2.36. The van der Waals surface area contributed by atoms with Crippen LogP contribution in [0.15, 0.2) is 48.5 Å². The van der Waals surface area contributed by atoms with Crippen LogP contribution in [0.1, 0.15) is 22.8 Å². The van der Waals surface area contributed by atoms with Gasteiger partial charge in [0.05, 0.1) is 0 Å². The molecule has 5 nitrogen and oxygen atoms in total. The summed E-state index contributed by atoms with van der Waals surface area (Å²) < 4.78 is 18.2. The molecule has 6 heteroatoms. The summed E-state index contributed by atoms with van der Waals surface area (Å²) >= 11 is 0. The molecule has 0 saturated heterocycles. The van der Waals surface area contributed by atoms with E-state index in [-0.39, 0.29) is 5.82 Å². The van der Waals surface area contributed by atoms with Gasteiger partial charge in [-0.05, 0) is 50.2 Å². The topological polar surface area (TPSA) is 67.4 Å². The lowest BCUT2D eigenvalue weighted by molar-refractivity contribution is -0.128. The van der Waals surface area contributed by atoms with Gasteiger partial charge in [-0.2, -0.15) is 0 Å². The molecule has 2 aromatic rings. The molecule has 0 aliphatic rings. The lowest BCUT2D eigenvalue weighted by Gasteiger charge is -2.15. The van der Waals surface area contributed by atoms with Crippen molar-refractivity contribution in [3.05, 3.63) is 65.5 Å². The third-order valence-corrected chi connectivity index (χ3v) is 3.11. The third kappa shape index (κ3) is 4.81. The number of amides is 2. The lowest BCUT2D eigenvalue weighted by atomic mass is 10.1. The first-order valence-electron chi connectivity index (χ1n) is 7.05. The molecular formula is C17H17FN2O3. The van der Waals surface area contributed by atoms with Crippen molar-refractivity contribution in [2.75, 3.05) is 0 Å². The zero-order valence-corrected chi connectivity index (χ0v) is 12.8. The average Bonchev–Trinajstić information content (AvgIpc) is 2.55. The molecule has 0 spiro atoms. The van der Waals surface area contributed by atoms with Crippen molar-refractivity contribution in [3.8, 4) is 5.75 Å². The van der Waals surface area contributed by atoms with Gasteiger partial charge >= 0.3 is 0 Å². The number of hydrazine groups is 1. The van der Waals surface area contributed by atoms with Crippen molar-refractivity contribution in [2.24, 2.45) is 0 Å². The van der Waals surface area contributed by atoms with Gasteiger partial charge in [0.15, 0.2) is 6.10 Å². The Labute approximate surface area is 133 Å². The molecule has 0 radical (unpaired) electrons. The van der Waals surface area contributed by atoms with E-state index in [4.69, 9.17) is 4.74 Å². The van der Waals surface area contributed by atoms with Gasteiger partial charge in [0, 0.05) is 5.56 Å². The van der Waals surface area contributed by atoms with Gasteiger partial charge < -0.3 is 4.74 Å². The molecule has 0 aromatic heterocycles. The van der Waals surface area contributed by atoms with Crippen LogP contribution in [0.4, 0.5) is 4.39 Å². The summed E-state index contributed by atoms with van der Waals surface area (Å²) in [5.74, 6) is -0.971. The molecular weight excluding hydrogens is 299 g/mol. The average molecular weight is 316 g/mol. The first-order chi connectivity index (χ1) is 11.0. The molecule has 0 aliphatic carbocycles. The molecule has 2 N–H and O–H groups in total. The van der Waals surface area contributed by atoms with Gasteiger partial charge in [-0.1, -0.05) is 17.7 Å². The number of carbonyl (C=O) groups is 2. The summed E-state index contributed by atoms with van der Waals surface area (Å²) in [6.07, 6.45) is -0.848. The van der Waals surface area contributed by atoms with Crippen molar-refractivity contribution in [3.63, 3.8) is 0 Å². The van der Waals surface area contributed by atoms with E-state index in [9.17, 15) is 14.0 Å². The number of hydrogen-bond acceptors (Lipinski definition) is 3. The summed E-state index contributed by atoms with van der Waals surface area (Å²) in [6, 6.07) is 12.2. The summed E-state index contributed by atoms with van der Waals surface area (Å²) in [5.41, 5.74) is 6.07. The minimum absolute atomic E-state index is 0.360. The smallest absolute Gasteiger partial charge is 0.279 e. The number of carbonyl (C=O) groups excluding carboxylic acids is 2. The quantitative estimate of drug-likeness (QED) is 0.851. The molecule has 2 rings (SSSR count). The fraction of sp³-hybridized carbons (Fsp3) is 0.176. The van der Waals surface area contributed by atoms with Crippen LogP contribution in [0.5, 0.6) is 5.75 Å². The molecule has 1 unspecified atom stereocenters. The normalized spacial score (nSPS) is 11.4. The highest BCUT2D eigenvalue weighted by molar-refractivity contribution is 5.95. The highest BCUT2D eigenvalue weighted by Crippen LogP contribution is 2.12. The van der Waals surface area contributed by atoms with E-state index in [1.165, 1.54) is 31.2 Å². The van der Waals surface area contributed by atoms with Crippen LogP contribution in [0.2, 0.25) is 0 Å². The molecule has 0 heterocycles. The Hall–Kier alpha value is -2.89. The number of nitrogens with one attached hydrogen (secondary N) is 2. The lowest BCUT2D eigenvalue weighted by Crippen LogP contribution is -2.47. The molecule has 0 saturated carbocycles. The number of ether oxygens (including phenoxy) is 1. The van der Waals surface area contributed by atoms with Crippen LogP contribution in [-0.4, -0.2) is 17.9 Å². The molecule has 2 amide bonds. The second kappa shape index (κ2) is 7.40. The van der Waals surface area contributed by atoms with Gasteiger partial charge in [0.2, 0.25) is 0 Å². The van der Waals surface area contributed by atoms with E-state index >= 15 is 0 Å². The number of rotatable bonds is 4. The number of aryl methyl sites for hydroxylation is 1. The van der Waals surface area contributed by atoms with Crippen LogP contribution in [0, 0.1) is 12.7 Å². The zero-order chi connectivity index (χ0) is 16.8. The fourth-order valence-electron chi connectivity index (χ4n) is 1.77. The first kappa shape index (κ1) is 16.5. The van der Waals surface area contributed by atoms with Crippen LogP contribution in [0.25, 0.3) is 0 Å². The highest BCUT2D eigenvalue weighted by atomic mass is 19.1. The summed E-state index contributed by atoms with van der Waals surface area (Å²) in [6.45, 7) is 3.44. The van der Waals surface area contributed by atoms with Crippen LogP contribution >= 0.6 is 0 Å². The number of halogens is 1. The van der Waals surface area contributed by atoms with Gasteiger partial charge in [-0.3, -0.25) is 20.4 Å². The Morgan fingerprint density at radius 1 is 1.00 bits per heavy atom. The standard InChI is InChI=1S/C17H17FN2O3/c1-11-3-5-13(6-4-11)17(22)20-19-16(21)12(2)23-15-9-7-14(18)8-10-15/h3-10,12H,1-2H3,(H,19,21)(H,20,22). The molecule has 0 fully saturated rings. The largest absolute Gasteiger partial charge is 0.481 e. The van der Waals surface area contributed by atoms with E-state index in [1.807, 2.05) is 6.92 Å². The predicted molar refractivity (Wildman–Crippen MR) is 83.3 cm³/mol. The SMILES string of the molecule is Cc1ccc(C(=O)NNC(=O)C(C)Oc2ccc(F)cc2)cc1. The van der Waals surface area contributed by atoms with Gasteiger partial charge in [0.1, 0.15) is 11.6 Å². The van der Waals surface area contributed by atoms with Gasteiger partial charge in [-0.25, -0.2) is 4.39 Å². The maximum Gasteiger partial charge on any atom is 0.279 e. The summed E-state index contributed by atoms with van der Waals surface area (Å²) in [4.78, 5) is 23.7. The molecule has 0 bridgehead atoms. The monoisotopic (exact) mass is 316 g/mol. The van der Waals surface area contributed by atoms with E-state index < -0.39 is 17.9 Å². The van der Waals surface area contributed by atoms with Crippen LogP contribution in [0.3, 0.4) is 0 Å². The van der Waals surface area contributed by atoms with Gasteiger partial charge in [0.25, 0.3) is 11.8 Å². The van der Waals surface area contributed by atoms with Crippen molar-refractivity contribution in [2.45, 2.75) is 20.0 Å². The second-order valence-electron chi connectivity index (χ2n) is 5.02. The second-order valence-corrected chi connectivity index (χ2v) is 5.02. The number of hydrogen-bond donors (Lipinski definition) is 2. The Balaban J connectivity index is 1.84. The van der Waals surface area contributed by atoms with Crippen molar-refractivity contribution >= 4 is 11.8 Å². The van der Waals surface area contributed by atoms with Crippen molar-refractivity contribution in [1.82, 2.24) is 10.9 Å².